The molecule has 1 N–H and O–H groups in total. The highest BCUT2D eigenvalue weighted by Crippen LogP contribution is 2.24. The van der Waals surface area contributed by atoms with Crippen LogP contribution in [-0.2, 0) is 6.42 Å². The molecule has 21 heavy (non-hydrogen) atoms. The zero-order valence-electron chi connectivity index (χ0n) is 12.5. The highest BCUT2D eigenvalue weighted by atomic mass is 16.3. The van der Waals surface area contributed by atoms with Crippen molar-refractivity contribution < 1.29 is 5.11 Å². The molecular formula is C20H20O. The van der Waals surface area contributed by atoms with Crippen LogP contribution in [0.25, 0.3) is 10.8 Å². The van der Waals surface area contributed by atoms with Gasteiger partial charge >= 0.3 is 0 Å². The molecule has 0 bridgehead atoms. The minimum Gasteiger partial charge on any atom is -0.388 e. The molecule has 0 spiro atoms. The summed E-state index contributed by atoms with van der Waals surface area (Å²) in [6.45, 7) is 4.12. The Morgan fingerprint density at radius 3 is 2.43 bits per heavy atom. The van der Waals surface area contributed by atoms with E-state index >= 15 is 0 Å². The number of aliphatic hydroxyl groups is 1. The fraction of sp³-hybridized carbons (Fsp3) is 0.200. The molecule has 3 aromatic rings. The molecule has 0 aromatic heterocycles. The second kappa shape index (κ2) is 5.71. The highest BCUT2D eigenvalue weighted by molar-refractivity contribution is 5.83. The van der Waals surface area contributed by atoms with Crippen molar-refractivity contribution in [2.75, 3.05) is 0 Å². The maximum atomic E-state index is 10.6. The van der Waals surface area contributed by atoms with Crippen molar-refractivity contribution in [2.45, 2.75) is 26.4 Å². The third kappa shape index (κ3) is 2.98. The average Bonchev–Trinajstić information content (AvgIpc) is 2.49. The third-order valence-electron chi connectivity index (χ3n) is 4.04. The molecule has 106 valence electrons. The second-order valence-electron chi connectivity index (χ2n) is 5.76. The van der Waals surface area contributed by atoms with E-state index in [9.17, 15) is 5.11 Å². The van der Waals surface area contributed by atoms with Crippen LogP contribution in [0.15, 0.2) is 60.7 Å². The van der Waals surface area contributed by atoms with Crippen molar-refractivity contribution in [3.63, 3.8) is 0 Å². The van der Waals surface area contributed by atoms with Gasteiger partial charge in [0.25, 0.3) is 0 Å². The van der Waals surface area contributed by atoms with Gasteiger partial charge in [-0.25, -0.2) is 0 Å². The van der Waals surface area contributed by atoms with Gasteiger partial charge in [0.1, 0.15) is 0 Å². The summed E-state index contributed by atoms with van der Waals surface area (Å²) in [7, 11) is 0. The smallest absolute Gasteiger partial charge is 0.0833 e. The summed E-state index contributed by atoms with van der Waals surface area (Å²) in [6.07, 6.45) is 0.195. The Morgan fingerprint density at radius 2 is 1.62 bits per heavy atom. The van der Waals surface area contributed by atoms with E-state index in [4.69, 9.17) is 0 Å². The van der Waals surface area contributed by atoms with Crippen molar-refractivity contribution >= 4 is 10.8 Å². The first kappa shape index (κ1) is 13.8. The van der Waals surface area contributed by atoms with Gasteiger partial charge in [0.2, 0.25) is 0 Å². The van der Waals surface area contributed by atoms with Crippen LogP contribution >= 0.6 is 0 Å². The summed E-state index contributed by atoms with van der Waals surface area (Å²) in [6, 6.07) is 21.0. The fourth-order valence-corrected chi connectivity index (χ4v) is 2.82. The van der Waals surface area contributed by atoms with Crippen LogP contribution in [0.2, 0.25) is 0 Å². The zero-order chi connectivity index (χ0) is 14.8. The lowest BCUT2D eigenvalue weighted by molar-refractivity contribution is 0.177. The summed E-state index contributed by atoms with van der Waals surface area (Å²) in [5, 5.41) is 13.0. The summed E-state index contributed by atoms with van der Waals surface area (Å²) in [4.78, 5) is 0. The number of rotatable bonds is 3. The Hall–Kier alpha value is -2.12. The van der Waals surface area contributed by atoms with Gasteiger partial charge in [-0.15, -0.1) is 0 Å². The molecule has 0 amide bonds. The fourth-order valence-electron chi connectivity index (χ4n) is 2.82. The van der Waals surface area contributed by atoms with Crippen molar-refractivity contribution in [3.8, 4) is 0 Å². The highest BCUT2D eigenvalue weighted by Gasteiger charge is 2.11. The van der Waals surface area contributed by atoms with Crippen molar-refractivity contribution in [1.82, 2.24) is 0 Å². The molecule has 0 fully saturated rings. The molecule has 0 aliphatic heterocycles. The third-order valence-corrected chi connectivity index (χ3v) is 4.04. The number of aryl methyl sites for hydroxylation is 2. The molecule has 0 saturated carbocycles. The lowest BCUT2D eigenvalue weighted by Crippen LogP contribution is -2.04. The summed E-state index contributed by atoms with van der Waals surface area (Å²) < 4.78 is 0. The standard InChI is InChI=1S/C20H20O/c1-14-7-8-15(2)19(11-14)20(21)13-16-9-10-17-5-3-4-6-18(17)12-16/h3-12,20-21H,13H2,1-2H3. The van der Waals surface area contributed by atoms with E-state index in [-0.39, 0.29) is 0 Å². The average molecular weight is 276 g/mol. The molecule has 0 radical (unpaired) electrons. The topological polar surface area (TPSA) is 20.2 Å². The molecule has 1 atom stereocenters. The van der Waals surface area contributed by atoms with Crippen LogP contribution < -0.4 is 0 Å². The van der Waals surface area contributed by atoms with E-state index in [0.717, 1.165) is 11.1 Å². The molecule has 0 heterocycles. The zero-order valence-corrected chi connectivity index (χ0v) is 12.5. The summed E-state index contributed by atoms with van der Waals surface area (Å²) >= 11 is 0. The van der Waals surface area contributed by atoms with Gasteiger partial charge in [0, 0.05) is 6.42 Å². The molecule has 3 rings (SSSR count). The first-order chi connectivity index (χ1) is 10.1. The van der Waals surface area contributed by atoms with Gasteiger partial charge in [0.05, 0.1) is 6.10 Å². The number of aliphatic hydroxyl groups excluding tert-OH is 1. The quantitative estimate of drug-likeness (QED) is 0.733. The van der Waals surface area contributed by atoms with E-state index in [1.165, 1.54) is 21.9 Å². The summed E-state index contributed by atoms with van der Waals surface area (Å²) in [5.41, 5.74) is 4.53. The number of hydrogen-bond acceptors (Lipinski definition) is 1. The lowest BCUT2D eigenvalue weighted by atomic mass is 9.95. The number of benzene rings is 3. The SMILES string of the molecule is Cc1ccc(C)c(C(O)Cc2ccc3ccccc3c2)c1. The van der Waals surface area contributed by atoms with Crippen LogP contribution in [0.3, 0.4) is 0 Å². The molecule has 0 saturated heterocycles. The van der Waals surface area contributed by atoms with Crippen LogP contribution in [-0.4, -0.2) is 5.11 Å². The summed E-state index contributed by atoms with van der Waals surface area (Å²) in [5.74, 6) is 0. The van der Waals surface area contributed by atoms with Gasteiger partial charge in [-0.2, -0.15) is 0 Å². The maximum Gasteiger partial charge on any atom is 0.0833 e. The molecule has 0 aliphatic carbocycles. The van der Waals surface area contributed by atoms with Gasteiger partial charge in [0.15, 0.2) is 0 Å². The van der Waals surface area contributed by atoms with Crippen molar-refractivity contribution in [1.29, 1.82) is 0 Å². The minimum absolute atomic E-state index is 0.453. The Kier molecular flexibility index (Phi) is 3.76. The molecule has 1 unspecified atom stereocenters. The number of hydrogen-bond donors (Lipinski definition) is 1. The maximum absolute atomic E-state index is 10.6. The van der Waals surface area contributed by atoms with Crippen LogP contribution in [0, 0.1) is 13.8 Å². The monoisotopic (exact) mass is 276 g/mol. The predicted molar refractivity (Wildman–Crippen MR) is 88.5 cm³/mol. The van der Waals surface area contributed by atoms with Crippen LogP contribution in [0.4, 0.5) is 0 Å². The largest absolute Gasteiger partial charge is 0.388 e. The van der Waals surface area contributed by atoms with E-state index in [0.29, 0.717) is 6.42 Å². The molecular weight excluding hydrogens is 256 g/mol. The normalized spacial score (nSPS) is 12.5. The van der Waals surface area contributed by atoms with Gasteiger partial charge in [-0.05, 0) is 41.3 Å². The Labute approximate surface area is 125 Å². The van der Waals surface area contributed by atoms with Gasteiger partial charge in [-0.1, -0.05) is 66.2 Å². The molecule has 1 nitrogen and oxygen atoms in total. The molecule has 0 aliphatic rings. The molecule has 3 aromatic carbocycles. The number of fused-ring (bicyclic) bond motifs is 1. The first-order valence-electron chi connectivity index (χ1n) is 7.36. The van der Waals surface area contributed by atoms with Crippen LogP contribution in [0.5, 0.6) is 0 Å². The van der Waals surface area contributed by atoms with E-state index in [1.54, 1.807) is 0 Å². The second-order valence-corrected chi connectivity index (χ2v) is 5.76. The van der Waals surface area contributed by atoms with E-state index in [2.05, 4.69) is 62.4 Å². The Morgan fingerprint density at radius 1 is 0.857 bits per heavy atom. The Bertz CT molecular complexity index is 774. The minimum atomic E-state index is -0.453. The van der Waals surface area contributed by atoms with Gasteiger partial charge < -0.3 is 5.11 Å². The van der Waals surface area contributed by atoms with E-state index < -0.39 is 6.10 Å². The van der Waals surface area contributed by atoms with E-state index in [1.807, 2.05) is 12.1 Å². The van der Waals surface area contributed by atoms with Gasteiger partial charge in [-0.3, -0.25) is 0 Å². The first-order valence-corrected chi connectivity index (χ1v) is 7.36. The predicted octanol–water partition coefficient (Wildman–Crippen LogP) is 4.73. The molecule has 1 heteroatoms. The lowest BCUT2D eigenvalue weighted by Gasteiger charge is -2.15. The van der Waals surface area contributed by atoms with Crippen molar-refractivity contribution in [3.05, 3.63) is 82.9 Å². The Balaban J connectivity index is 1.88. The van der Waals surface area contributed by atoms with Crippen molar-refractivity contribution in [2.24, 2.45) is 0 Å². The van der Waals surface area contributed by atoms with Crippen LogP contribution in [0.1, 0.15) is 28.4 Å².